The first-order valence-electron chi connectivity index (χ1n) is 7.49. The number of thiophene rings is 1. The summed E-state index contributed by atoms with van der Waals surface area (Å²) in [6, 6.07) is 10.0. The molecule has 0 saturated heterocycles. The van der Waals surface area contributed by atoms with E-state index in [1.165, 1.54) is 16.9 Å². The van der Waals surface area contributed by atoms with Gasteiger partial charge in [-0.05, 0) is 49.1 Å². The zero-order valence-corrected chi connectivity index (χ0v) is 13.1. The van der Waals surface area contributed by atoms with Gasteiger partial charge in [-0.25, -0.2) is 0 Å². The lowest BCUT2D eigenvalue weighted by molar-refractivity contribution is 0.103. The quantitative estimate of drug-likeness (QED) is 0.886. The number of carbonyl (C=O) groups is 1. The molecule has 1 amide bonds. The smallest absolute Gasteiger partial charge is 0.265 e. The van der Waals surface area contributed by atoms with Crippen LogP contribution in [0.15, 0.2) is 30.3 Å². The van der Waals surface area contributed by atoms with E-state index >= 15 is 0 Å². The summed E-state index contributed by atoms with van der Waals surface area (Å²) >= 11 is 1.65. The minimum atomic E-state index is 0.0124. The normalized spacial score (nSPS) is 13.2. The van der Waals surface area contributed by atoms with E-state index in [0.717, 1.165) is 42.1 Å². The monoisotopic (exact) mass is 300 g/mol. The molecule has 0 fully saturated rings. The minimum Gasteiger partial charge on any atom is -0.321 e. The van der Waals surface area contributed by atoms with Crippen molar-refractivity contribution in [3.8, 4) is 0 Å². The highest BCUT2D eigenvalue weighted by Crippen LogP contribution is 2.31. The average molecular weight is 300 g/mol. The molecule has 0 radical (unpaired) electrons. The highest BCUT2D eigenvalue weighted by Gasteiger charge is 2.18. The van der Waals surface area contributed by atoms with Gasteiger partial charge in [0.2, 0.25) is 0 Å². The maximum atomic E-state index is 12.4. The van der Waals surface area contributed by atoms with Crippen LogP contribution in [0.25, 0.3) is 0 Å². The average Bonchev–Trinajstić information content (AvgIpc) is 3.07. The van der Waals surface area contributed by atoms with Gasteiger partial charge in [0.1, 0.15) is 0 Å². The van der Waals surface area contributed by atoms with Crippen LogP contribution in [0, 0.1) is 0 Å². The molecular weight excluding hydrogens is 280 g/mol. The van der Waals surface area contributed by atoms with Crippen molar-refractivity contribution in [2.45, 2.75) is 32.7 Å². The molecule has 1 heterocycles. The van der Waals surface area contributed by atoms with Crippen LogP contribution in [0.1, 0.15) is 39.0 Å². The Kier molecular flexibility index (Phi) is 4.36. The van der Waals surface area contributed by atoms with E-state index in [4.69, 9.17) is 0 Å². The lowest BCUT2D eigenvalue weighted by Gasteiger charge is -2.10. The number of hydrogen-bond acceptors (Lipinski definition) is 3. The summed E-state index contributed by atoms with van der Waals surface area (Å²) < 4.78 is 0. The standard InChI is InChI=1S/C17H20N2OS/c1-2-18-11-13-6-3-4-8-14(13)19-17(20)16-10-12-7-5-9-15(12)21-16/h3-4,6,8,10,18H,2,5,7,9,11H2,1H3,(H,19,20). The van der Waals surface area contributed by atoms with Crippen LogP contribution in [-0.4, -0.2) is 12.5 Å². The molecule has 0 atom stereocenters. The maximum absolute atomic E-state index is 12.4. The predicted octanol–water partition coefficient (Wildman–Crippen LogP) is 3.60. The molecule has 1 aliphatic rings. The number of para-hydroxylation sites is 1. The summed E-state index contributed by atoms with van der Waals surface area (Å²) in [7, 11) is 0. The van der Waals surface area contributed by atoms with Gasteiger partial charge in [-0.3, -0.25) is 4.79 Å². The summed E-state index contributed by atoms with van der Waals surface area (Å²) in [4.78, 5) is 14.6. The van der Waals surface area contributed by atoms with Crippen molar-refractivity contribution in [1.82, 2.24) is 5.32 Å². The molecule has 0 aliphatic heterocycles. The SMILES string of the molecule is CCNCc1ccccc1NC(=O)c1cc2c(s1)CCC2. The van der Waals surface area contributed by atoms with Crippen molar-refractivity contribution >= 4 is 22.9 Å². The Balaban J connectivity index is 1.74. The van der Waals surface area contributed by atoms with Crippen LogP contribution in [0.2, 0.25) is 0 Å². The van der Waals surface area contributed by atoms with Gasteiger partial charge < -0.3 is 10.6 Å². The molecule has 3 rings (SSSR count). The van der Waals surface area contributed by atoms with Crippen molar-refractivity contribution in [3.63, 3.8) is 0 Å². The first-order chi connectivity index (χ1) is 10.3. The Bertz CT molecular complexity index is 626. The Hall–Kier alpha value is -1.65. The number of rotatable bonds is 5. The van der Waals surface area contributed by atoms with Gasteiger partial charge in [0.15, 0.2) is 0 Å². The van der Waals surface area contributed by atoms with Gasteiger partial charge in [-0.2, -0.15) is 0 Å². The van der Waals surface area contributed by atoms with Crippen LogP contribution in [-0.2, 0) is 19.4 Å². The molecule has 1 aromatic carbocycles. The van der Waals surface area contributed by atoms with Gasteiger partial charge in [0.25, 0.3) is 5.91 Å². The van der Waals surface area contributed by atoms with E-state index in [1.807, 2.05) is 24.3 Å². The molecule has 3 nitrogen and oxygen atoms in total. The van der Waals surface area contributed by atoms with E-state index < -0.39 is 0 Å². The van der Waals surface area contributed by atoms with Crippen molar-refractivity contribution in [1.29, 1.82) is 0 Å². The fourth-order valence-electron chi connectivity index (χ4n) is 2.68. The summed E-state index contributed by atoms with van der Waals surface area (Å²) in [5.74, 6) is 0.0124. The molecule has 1 aromatic heterocycles. The number of hydrogen-bond donors (Lipinski definition) is 2. The van der Waals surface area contributed by atoms with E-state index in [0.29, 0.717) is 0 Å². The summed E-state index contributed by atoms with van der Waals surface area (Å²) in [6.45, 7) is 3.77. The third kappa shape index (κ3) is 3.17. The van der Waals surface area contributed by atoms with Crippen LogP contribution < -0.4 is 10.6 Å². The number of aryl methyl sites for hydroxylation is 2. The Morgan fingerprint density at radius 1 is 1.29 bits per heavy atom. The third-order valence-electron chi connectivity index (χ3n) is 3.80. The molecule has 2 aromatic rings. The molecule has 0 bridgehead atoms. The fourth-order valence-corrected chi connectivity index (χ4v) is 3.83. The van der Waals surface area contributed by atoms with Crippen LogP contribution in [0.5, 0.6) is 0 Å². The molecule has 0 saturated carbocycles. The number of benzene rings is 1. The molecular formula is C17H20N2OS. The van der Waals surface area contributed by atoms with E-state index in [1.54, 1.807) is 11.3 Å². The fraction of sp³-hybridized carbons (Fsp3) is 0.353. The Labute approximate surface area is 129 Å². The highest BCUT2D eigenvalue weighted by molar-refractivity contribution is 7.14. The topological polar surface area (TPSA) is 41.1 Å². The number of fused-ring (bicyclic) bond motifs is 1. The highest BCUT2D eigenvalue weighted by atomic mass is 32.1. The lowest BCUT2D eigenvalue weighted by Crippen LogP contribution is -2.16. The van der Waals surface area contributed by atoms with Crippen molar-refractivity contribution < 1.29 is 4.79 Å². The van der Waals surface area contributed by atoms with Crippen molar-refractivity contribution in [2.75, 3.05) is 11.9 Å². The number of anilines is 1. The molecule has 110 valence electrons. The molecule has 4 heteroatoms. The second-order valence-corrected chi connectivity index (χ2v) is 6.44. The largest absolute Gasteiger partial charge is 0.321 e. The van der Waals surface area contributed by atoms with Gasteiger partial charge in [-0.1, -0.05) is 25.1 Å². The maximum Gasteiger partial charge on any atom is 0.265 e. The second-order valence-electron chi connectivity index (χ2n) is 5.30. The predicted molar refractivity (Wildman–Crippen MR) is 88.1 cm³/mol. The molecule has 0 spiro atoms. The number of amides is 1. The van der Waals surface area contributed by atoms with Crippen LogP contribution in [0.3, 0.4) is 0 Å². The van der Waals surface area contributed by atoms with E-state index in [-0.39, 0.29) is 5.91 Å². The van der Waals surface area contributed by atoms with Gasteiger partial charge >= 0.3 is 0 Å². The van der Waals surface area contributed by atoms with E-state index in [9.17, 15) is 4.79 Å². The summed E-state index contributed by atoms with van der Waals surface area (Å²) in [5.41, 5.74) is 3.39. The first-order valence-corrected chi connectivity index (χ1v) is 8.31. The molecule has 21 heavy (non-hydrogen) atoms. The Morgan fingerprint density at radius 2 is 2.14 bits per heavy atom. The molecule has 0 unspecified atom stereocenters. The first kappa shape index (κ1) is 14.3. The van der Waals surface area contributed by atoms with Crippen LogP contribution >= 0.6 is 11.3 Å². The lowest BCUT2D eigenvalue weighted by atomic mass is 10.1. The summed E-state index contributed by atoms with van der Waals surface area (Å²) in [6.07, 6.45) is 3.48. The number of nitrogens with one attached hydrogen (secondary N) is 2. The molecule has 1 aliphatic carbocycles. The third-order valence-corrected chi connectivity index (χ3v) is 5.04. The minimum absolute atomic E-state index is 0.0124. The van der Waals surface area contributed by atoms with E-state index in [2.05, 4.69) is 23.6 Å². The van der Waals surface area contributed by atoms with Gasteiger partial charge in [0, 0.05) is 17.1 Å². The van der Waals surface area contributed by atoms with Crippen LogP contribution in [0.4, 0.5) is 5.69 Å². The van der Waals surface area contributed by atoms with Crippen molar-refractivity contribution in [2.24, 2.45) is 0 Å². The molecule has 2 N–H and O–H groups in total. The van der Waals surface area contributed by atoms with Gasteiger partial charge in [0.05, 0.1) is 4.88 Å². The zero-order valence-electron chi connectivity index (χ0n) is 12.2. The summed E-state index contributed by atoms with van der Waals surface area (Å²) in [5, 5.41) is 6.36. The second kappa shape index (κ2) is 6.41. The van der Waals surface area contributed by atoms with Gasteiger partial charge in [-0.15, -0.1) is 11.3 Å². The number of carbonyl (C=O) groups excluding carboxylic acids is 1. The Morgan fingerprint density at radius 3 is 2.95 bits per heavy atom. The zero-order chi connectivity index (χ0) is 14.7. The van der Waals surface area contributed by atoms with Crippen molar-refractivity contribution in [3.05, 3.63) is 51.2 Å².